The van der Waals surface area contributed by atoms with Crippen molar-refractivity contribution in [2.24, 2.45) is 5.92 Å². The molecule has 34 heavy (non-hydrogen) atoms. The van der Waals surface area contributed by atoms with E-state index in [0.717, 1.165) is 16.8 Å². The van der Waals surface area contributed by atoms with Crippen molar-refractivity contribution in [2.45, 2.75) is 50.6 Å². The van der Waals surface area contributed by atoms with E-state index in [2.05, 4.69) is 5.32 Å². The number of carbonyl (C=O) groups is 2. The molecule has 0 aliphatic carbocycles. The quantitative estimate of drug-likeness (QED) is 0.679. The number of hydrogen-bond donors (Lipinski definition) is 1. The molecule has 9 heteroatoms. The molecule has 2 aliphatic heterocycles. The van der Waals surface area contributed by atoms with E-state index < -0.39 is 15.9 Å². The molecule has 1 fully saturated rings. The number of piperidine rings is 1. The van der Waals surface area contributed by atoms with E-state index in [1.807, 2.05) is 31.2 Å². The van der Waals surface area contributed by atoms with Crippen LogP contribution < -0.4 is 15.0 Å². The number of nitrogens with zero attached hydrogens (tertiary/aromatic N) is 2. The Morgan fingerprint density at radius 3 is 2.68 bits per heavy atom. The number of hydrogen-bond acceptors (Lipinski definition) is 5. The molecule has 8 nitrogen and oxygen atoms in total. The minimum atomic E-state index is -3.75. The molecule has 2 aliphatic rings. The molecule has 2 aromatic carbocycles. The number of ether oxygens (including phenoxy) is 1. The van der Waals surface area contributed by atoms with Gasteiger partial charge in [-0.2, -0.15) is 4.31 Å². The lowest BCUT2D eigenvalue weighted by Crippen LogP contribution is -2.45. The van der Waals surface area contributed by atoms with Gasteiger partial charge in [0, 0.05) is 43.9 Å². The number of methoxy groups -OCH3 is 1. The number of amides is 2. The van der Waals surface area contributed by atoms with Gasteiger partial charge in [0.05, 0.1) is 17.9 Å². The Hall–Kier alpha value is -2.91. The predicted octanol–water partition coefficient (Wildman–Crippen LogP) is 2.71. The summed E-state index contributed by atoms with van der Waals surface area (Å²) >= 11 is 0. The maximum absolute atomic E-state index is 13.4. The molecule has 2 amide bonds. The first-order valence-corrected chi connectivity index (χ1v) is 13.0. The first-order valence-electron chi connectivity index (χ1n) is 11.5. The smallest absolute Gasteiger partial charge is 0.243 e. The van der Waals surface area contributed by atoms with E-state index in [1.165, 1.54) is 11.2 Å². The van der Waals surface area contributed by atoms with Crippen LogP contribution in [0.25, 0.3) is 0 Å². The molecule has 4 rings (SSSR count). The lowest BCUT2D eigenvalue weighted by molar-refractivity contribution is -0.126. The van der Waals surface area contributed by atoms with Crippen LogP contribution in [0.3, 0.4) is 0 Å². The summed E-state index contributed by atoms with van der Waals surface area (Å²) < 4.78 is 33.6. The van der Waals surface area contributed by atoms with E-state index in [1.54, 1.807) is 30.2 Å². The van der Waals surface area contributed by atoms with Crippen molar-refractivity contribution in [3.8, 4) is 5.75 Å². The van der Waals surface area contributed by atoms with Gasteiger partial charge in [-0.25, -0.2) is 8.42 Å². The molecule has 1 saturated heterocycles. The van der Waals surface area contributed by atoms with E-state index in [4.69, 9.17) is 4.74 Å². The number of benzene rings is 2. The third kappa shape index (κ3) is 4.67. The third-order valence-electron chi connectivity index (χ3n) is 6.64. The minimum absolute atomic E-state index is 0.00300. The van der Waals surface area contributed by atoms with Crippen molar-refractivity contribution >= 4 is 27.5 Å². The summed E-state index contributed by atoms with van der Waals surface area (Å²) in [7, 11) is -2.17. The summed E-state index contributed by atoms with van der Waals surface area (Å²) in [4.78, 5) is 26.8. The number of rotatable bonds is 6. The summed E-state index contributed by atoms with van der Waals surface area (Å²) in [5.74, 6) is 0.0661. The Labute approximate surface area is 200 Å². The van der Waals surface area contributed by atoms with Crippen molar-refractivity contribution in [1.82, 2.24) is 9.62 Å². The first kappa shape index (κ1) is 24.2. The molecule has 2 aromatic rings. The van der Waals surface area contributed by atoms with E-state index in [-0.39, 0.29) is 29.3 Å². The normalized spacial score (nSPS) is 20.6. The topological polar surface area (TPSA) is 96.0 Å². The highest BCUT2D eigenvalue weighted by Gasteiger charge is 2.35. The molecule has 0 saturated carbocycles. The van der Waals surface area contributed by atoms with Gasteiger partial charge >= 0.3 is 0 Å². The van der Waals surface area contributed by atoms with Crippen LogP contribution in [-0.2, 0) is 32.6 Å². The summed E-state index contributed by atoms with van der Waals surface area (Å²) in [6, 6.07) is 12.4. The highest BCUT2D eigenvalue weighted by Crippen LogP contribution is 2.35. The number of sulfonamides is 1. The van der Waals surface area contributed by atoms with Gasteiger partial charge in [0.25, 0.3) is 0 Å². The van der Waals surface area contributed by atoms with Gasteiger partial charge < -0.3 is 15.0 Å². The van der Waals surface area contributed by atoms with Crippen LogP contribution in [0, 0.1) is 5.92 Å². The minimum Gasteiger partial charge on any atom is -0.496 e. The third-order valence-corrected chi connectivity index (χ3v) is 8.51. The van der Waals surface area contributed by atoms with Gasteiger partial charge in [-0.05, 0) is 56.0 Å². The van der Waals surface area contributed by atoms with Gasteiger partial charge in [0.1, 0.15) is 5.75 Å². The lowest BCUT2D eigenvalue weighted by atomic mass is 9.98. The van der Waals surface area contributed by atoms with Crippen molar-refractivity contribution in [3.05, 3.63) is 53.6 Å². The van der Waals surface area contributed by atoms with Crippen LogP contribution in [-0.4, -0.2) is 50.8 Å². The number of fused-ring (bicyclic) bond motifs is 1. The molecule has 0 bridgehead atoms. The number of anilines is 1. The zero-order chi connectivity index (χ0) is 24.5. The van der Waals surface area contributed by atoms with Crippen LogP contribution in [0.4, 0.5) is 5.69 Å². The Morgan fingerprint density at radius 1 is 1.18 bits per heavy atom. The summed E-state index contributed by atoms with van der Waals surface area (Å²) in [6.07, 6.45) is 1.87. The molecular weight excluding hydrogens is 454 g/mol. The molecule has 0 spiro atoms. The molecule has 182 valence electrons. The van der Waals surface area contributed by atoms with Crippen LogP contribution in [0.1, 0.15) is 37.8 Å². The molecule has 1 N–H and O–H groups in total. The van der Waals surface area contributed by atoms with Crippen molar-refractivity contribution in [2.75, 3.05) is 25.1 Å². The zero-order valence-corrected chi connectivity index (χ0v) is 20.6. The van der Waals surface area contributed by atoms with Gasteiger partial charge in [0.15, 0.2) is 0 Å². The molecular formula is C25H31N3O5S. The highest BCUT2D eigenvalue weighted by atomic mass is 32.2. The Bertz CT molecular complexity index is 1200. The molecule has 0 aromatic heterocycles. The van der Waals surface area contributed by atoms with Crippen LogP contribution in [0.5, 0.6) is 5.75 Å². The van der Waals surface area contributed by atoms with Gasteiger partial charge in [-0.3, -0.25) is 9.59 Å². The average molecular weight is 486 g/mol. The molecule has 2 heterocycles. The molecule has 0 unspecified atom stereocenters. The Balaban J connectivity index is 1.46. The number of nitrogens with one attached hydrogen (secondary N) is 1. The number of para-hydroxylation sites is 1. The predicted molar refractivity (Wildman–Crippen MR) is 129 cm³/mol. The van der Waals surface area contributed by atoms with E-state index in [9.17, 15) is 18.0 Å². The summed E-state index contributed by atoms with van der Waals surface area (Å²) in [5, 5.41) is 2.93. The average Bonchev–Trinajstić information content (AvgIpc) is 3.17. The Kier molecular flexibility index (Phi) is 6.95. The fourth-order valence-corrected chi connectivity index (χ4v) is 6.52. The second-order valence-corrected chi connectivity index (χ2v) is 10.9. The lowest BCUT2D eigenvalue weighted by Gasteiger charge is -2.31. The first-order chi connectivity index (χ1) is 16.2. The van der Waals surface area contributed by atoms with Crippen LogP contribution >= 0.6 is 0 Å². The second kappa shape index (κ2) is 9.76. The summed E-state index contributed by atoms with van der Waals surface area (Å²) in [5.41, 5.74) is 2.49. The van der Waals surface area contributed by atoms with Crippen LogP contribution in [0.15, 0.2) is 47.4 Å². The monoisotopic (exact) mass is 485 g/mol. The van der Waals surface area contributed by atoms with Crippen LogP contribution in [0.2, 0.25) is 0 Å². The van der Waals surface area contributed by atoms with Gasteiger partial charge in [-0.15, -0.1) is 0 Å². The van der Waals surface area contributed by atoms with Gasteiger partial charge in [0.2, 0.25) is 21.8 Å². The zero-order valence-electron chi connectivity index (χ0n) is 19.8. The van der Waals surface area contributed by atoms with Crippen molar-refractivity contribution < 1.29 is 22.7 Å². The second-order valence-electron chi connectivity index (χ2n) is 8.96. The highest BCUT2D eigenvalue weighted by molar-refractivity contribution is 7.89. The largest absolute Gasteiger partial charge is 0.496 e. The standard InChI is InChI=1S/C25H31N3O5S/c1-17-13-21-14-22(10-11-23(21)28(17)18(2)29)34(31,32)27-12-6-8-20(16-27)25(30)26-15-19-7-4-5-9-24(19)33-3/h4-5,7,9-11,14,17,20H,6,8,12-13,15-16H2,1-3H3,(H,26,30)/t17-,20-/m1/s1. The summed E-state index contributed by atoms with van der Waals surface area (Å²) in [6.45, 7) is 4.32. The maximum Gasteiger partial charge on any atom is 0.243 e. The van der Waals surface area contributed by atoms with Crippen molar-refractivity contribution in [3.63, 3.8) is 0 Å². The van der Waals surface area contributed by atoms with E-state index >= 15 is 0 Å². The Morgan fingerprint density at radius 2 is 1.94 bits per heavy atom. The fraction of sp³-hybridized carbons (Fsp3) is 0.440. The molecule has 0 radical (unpaired) electrons. The van der Waals surface area contributed by atoms with E-state index in [0.29, 0.717) is 38.1 Å². The maximum atomic E-state index is 13.4. The number of carbonyl (C=O) groups excluding carboxylic acids is 2. The van der Waals surface area contributed by atoms with Crippen molar-refractivity contribution in [1.29, 1.82) is 0 Å². The van der Waals surface area contributed by atoms with Gasteiger partial charge in [-0.1, -0.05) is 18.2 Å². The fourth-order valence-electron chi connectivity index (χ4n) is 4.95. The molecule has 2 atom stereocenters. The SMILES string of the molecule is COc1ccccc1CNC(=O)[C@@H]1CCCN(S(=O)(=O)c2ccc3c(c2)C[C@@H](C)N3C(C)=O)C1.